The van der Waals surface area contributed by atoms with Gasteiger partial charge in [0.15, 0.2) is 0 Å². The van der Waals surface area contributed by atoms with E-state index in [1.165, 1.54) is 54.0 Å². The van der Waals surface area contributed by atoms with Crippen molar-refractivity contribution in [1.82, 2.24) is 18.9 Å². The van der Waals surface area contributed by atoms with Gasteiger partial charge >= 0.3 is 0 Å². The van der Waals surface area contributed by atoms with E-state index in [-0.39, 0.29) is 0 Å². The summed E-state index contributed by atoms with van der Waals surface area (Å²) in [4.78, 5) is 10.7. The molecule has 0 aliphatic carbocycles. The Labute approximate surface area is 297 Å². The molecule has 4 nitrogen and oxygen atoms in total. The van der Waals surface area contributed by atoms with Gasteiger partial charge in [-0.2, -0.15) is 0 Å². The standard InChI is InChI=1S/C48H28N4/c1-2-13-33-31(11-1)32-12-4-6-17-37(32)41-27-29(21-23-38(33)41)30-22-25-44-45(28-30)51-43-20-10-9-19-42(43)49-48(51)52(44)46-26-24-40-36-16-5-3-14-34(36)35-15-7-8-18-39(35)47(40)50-46/h1-28H. The van der Waals surface area contributed by atoms with Crippen LogP contribution in [0.15, 0.2) is 170 Å². The Bertz CT molecular complexity index is 3410. The van der Waals surface area contributed by atoms with Crippen molar-refractivity contribution in [3.8, 4) is 16.9 Å². The van der Waals surface area contributed by atoms with Crippen LogP contribution >= 0.6 is 0 Å². The first-order chi connectivity index (χ1) is 25.8. The quantitative estimate of drug-likeness (QED) is 0.173. The van der Waals surface area contributed by atoms with E-state index in [0.717, 1.165) is 55.5 Å². The van der Waals surface area contributed by atoms with Crippen LogP contribution in [0.4, 0.5) is 0 Å². The van der Waals surface area contributed by atoms with Gasteiger partial charge in [-0.1, -0.05) is 127 Å². The highest BCUT2D eigenvalue weighted by molar-refractivity contribution is 6.26. The molecule has 0 N–H and O–H groups in total. The SMILES string of the molecule is c1ccc2c(c1)nc1n(-c3ccc4c5ccccc5c5ccccc5c4n3)c3ccc(-c4ccc5c6ccccc6c6ccccc6c5c4)cc3n21. The van der Waals surface area contributed by atoms with Gasteiger partial charge in [0, 0.05) is 10.8 Å². The number of imidazole rings is 2. The molecule has 52 heavy (non-hydrogen) atoms. The lowest BCUT2D eigenvalue weighted by Crippen LogP contribution is -1.99. The minimum atomic E-state index is 0.847. The van der Waals surface area contributed by atoms with E-state index in [0.29, 0.717) is 0 Å². The topological polar surface area (TPSA) is 35.1 Å². The molecule has 9 aromatic carbocycles. The van der Waals surface area contributed by atoms with Gasteiger partial charge in [-0.3, -0.25) is 8.97 Å². The zero-order valence-corrected chi connectivity index (χ0v) is 28.0. The van der Waals surface area contributed by atoms with Crippen molar-refractivity contribution >= 4 is 92.6 Å². The first-order valence-electron chi connectivity index (χ1n) is 17.8. The molecule has 12 aromatic rings. The second-order valence-corrected chi connectivity index (χ2v) is 13.8. The van der Waals surface area contributed by atoms with E-state index in [9.17, 15) is 0 Å². The summed E-state index contributed by atoms with van der Waals surface area (Å²) in [5.41, 5.74) is 7.53. The number of hydrogen-bond acceptors (Lipinski definition) is 2. The molecule has 240 valence electrons. The lowest BCUT2D eigenvalue weighted by molar-refractivity contribution is 1.06. The van der Waals surface area contributed by atoms with Gasteiger partial charge in [-0.25, -0.2) is 9.97 Å². The summed E-state index contributed by atoms with van der Waals surface area (Å²) in [6.07, 6.45) is 0. The summed E-state index contributed by atoms with van der Waals surface area (Å²) in [5, 5.41) is 13.6. The number of aromatic nitrogens is 4. The van der Waals surface area contributed by atoms with Crippen LogP contribution in [0, 0.1) is 0 Å². The van der Waals surface area contributed by atoms with Gasteiger partial charge in [0.1, 0.15) is 5.82 Å². The van der Waals surface area contributed by atoms with Crippen LogP contribution < -0.4 is 0 Å². The molecule has 0 spiro atoms. The van der Waals surface area contributed by atoms with Crippen molar-refractivity contribution < 1.29 is 0 Å². The fourth-order valence-corrected chi connectivity index (χ4v) is 8.77. The second-order valence-electron chi connectivity index (χ2n) is 13.8. The maximum Gasteiger partial charge on any atom is 0.221 e. The van der Waals surface area contributed by atoms with Crippen molar-refractivity contribution in [2.24, 2.45) is 0 Å². The highest BCUT2D eigenvalue weighted by Crippen LogP contribution is 2.39. The zero-order valence-electron chi connectivity index (χ0n) is 28.0. The average molecular weight is 661 g/mol. The van der Waals surface area contributed by atoms with E-state index < -0.39 is 0 Å². The molecule has 0 aliphatic rings. The number of para-hydroxylation sites is 2. The maximum atomic E-state index is 5.44. The van der Waals surface area contributed by atoms with Crippen LogP contribution in [-0.4, -0.2) is 18.9 Å². The Kier molecular flexibility index (Phi) is 5.47. The molecule has 0 bridgehead atoms. The predicted molar refractivity (Wildman–Crippen MR) is 218 cm³/mol. The number of fused-ring (bicyclic) bond motifs is 17. The van der Waals surface area contributed by atoms with Gasteiger partial charge in [0.05, 0.1) is 27.6 Å². The minimum Gasteiger partial charge on any atom is -0.276 e. The number of nitrogens with zero attached hydrogens (tertiary/aromatic N) is 4. The summed E-state index contributed by atoms with van der Waals surface area (Å²) in [7, 11) is 0. The molecule has 0 amide bonds. The Balaban J connectivity index is 1.13. The number of hydrogen-bond donors (Lipinski definition) is 0. The van der Waals surface area contributed by atoms with Crippen molar-refractivity contribution in [3.63, 3.8) is 0 Å². The summed E-state index contributed by atoms with van der Waals surface area (Å²) in [5.74, 6) is 1.70. The predicted octanol–water partition coefficient (Wildman–Crippen LogP) is 12.4. The van der Waals surface area contributed by atoms with Crippen molar-refractivity contribution in [2.75, 3.05) is 0 Å². The van der Waals surface area contributed by atoms with E-state index >= 15 is 0 Å². The summed E-state index contributed by atoms with van der Waals surface area (Å²) in [6.45, 7) is 0. The highest BCUT2D eigenvalue weighted by atomic mass is 15.2. The van der Waals surface area contributed by atoms with Crippen molar-refractivity contribution in [2.45, 2.75) is 0 Å². The van der Waals surface area contributed by atoms with E-state index in [2.05, 4.69) is 179 Å². The molecular formula is C48H28N4. The number of rotatable bonds is 2. The Morgan fingerprint density at radius 3 is 1.48 bits per heavy atom. The number of pyridine rings is 1. The van der Waals surface area contributed by atoms with E-state index in [1.54, 1.807) is 0 Å². The Morgan fingerprint density at radius 2 is 0.808 bits per heavy atom. The third-order valence-electron chi connectivity index (χ3n) is 11.1. The third-order valence-corrected chi connectivity index (χ3v) is 11.1. The molecule has 0 radical (unpaired) electrons. The molecule has 0 fully saturated rings. The molecular weight excluding hydrogens is 633 g/mol. The lowest BCUT2D eigenvalue weighted by Gasteiger charge is -2.13. The van der Waals surface area contributed by atoms with Gasteiger partial charge in [0.25, 0.3) is 0 Å². The number of benzene rings is 9. The summed E-state index contributed by atoms with van der Waals surface area (Å²) in [6, 6.07) is 61.3. The fraction of sp³-hybridized carbons (Fsp3) is 0. The first-order valence-corrected chi connectivity index (χ1v) is 17.8. The maximum absolute atomic E-state index is 5.44. The van der Waals surface area contributed by atoms with Crippen LogP contribution in [0.5, 0.6) is 0 Å². The minimum absolute atomic E-state index is 0.847. The van der Waals surface area contributed by atoms with Gasteiger partial charge in [-0.05, 0) is 102 Å². The van der Waals surface area contributed by atoms with Crippen LogP contribution in [0.25, 0.3) is 110 Å². The Morgan fingerprint density at radius 1 is 0.327 bits per heavy atom. The average Bonchev–Trinajstić information content (AvgIpc) is 3.75. The van der Waals surface area contributed by atoms with Crippen molar-refractivity contribution in [3.05, 3.63) is 170 Å². The second kappa shape index (κ2) is 10.3. The van der Waals surface area contributed by atoms with Gasteiger partial charge in [0.2, 0.25) is 5.78 Å². The molecule has 0 unspecified atom stereocenters. The van der Waals surface area contributed by atoms with Crippen LogP contribution in [0.1, 0.15) is 0 Å². The zero-order chi connectivity index (χ0) is 33.9. The van der Waals surface area contributed by atoms with Crippen LogP contribution in [-0.2, 0) is 0 Å². The lowest BCUT2D eigenvalue weighted by atomic mass is 9.92. The summed E-state index contributed by atoms with van der Waals surface area (Å²) < 4.78 is 4.52. The van der Waals surface area contributed by atoms with Gasteiger partial charge < -0.3 is 0 Å². The monoisotopic (exact) mass is 660 g/mol. The van der Waals surface area contributed by atoms with E-state index in [4.69, 9.17) is 9.97 Å². The molecule has 0 saturated heterocycles. The fourth-order valence-electron chi connectivity index (χ4n) is 8.77. The van der Waals surface area contributed by atoms with Crippen LogP contribution in [0.2, 0.25) is 0 Å². The molecule has 0 aliphatic heterocycles. The van der Waals surface area contributed by atoms with Crippen molar-refractivity contribution in [1.29, 1.82) is 0 Å². The Hall–Kier alpha value is -7.04. The molecule has 0 saturated carbocycles. The highest BCUT2D eigenvalue weighted by Gasteiger charge is 2.20. The smallest absolute Gasteiger partial charge is 0.221 e. The largest absolute Gasteiger partial charge is 0.276 e. The molecule has 3 heterocycles. The molecule has 12 rings (SSSR count). The normalized spacial score (nSPS) is 12.2. The first kappa shape index (κ1) is 27.7. The van der Waals surface area contributed by atoms with Gasteiger partial charge in [-0.15, -0.1) is 0 Å². The summed E-state index contributed by atoms with van der Waals surface area (Å²) >= 11 is 0. The molecule has 0 atom stereocenters. The van der Waals surface area contributed by atoms with Crippen LogP contribution in [0.3, 0.4) is 0 Å². The third kappa shape index (κ3) is 3.70. The molecule has 3 aromatic heterocycles. The van der Waals surface area contributed by atoms with E-state index in [1.807, 2.05) is 0 Å². The molecule has 4 heteroatoms.